The first-order chi connectivity index (χ1) is 15.7. The number of nitrogens with one attached hydrogen (secondary N) is 1. The number of amides is 1. The topological polar surface area (TPSA) is 77.5 Å². The molecule has 0 spiro atoms. The lowest BCUT2D eigenvalue weighted by atomic mass is 9.98. The average Bonchev–Trinajstić information content (AvgIpc) is 3.40. The molecule has 164 valence electrons. The summed E-state index contributed by atoms with van der Waals surface area (Å²) in [5, 5.41) is 2.78. The number of ether oxygens (including phenoxy) is 2. The Morgan fingerprint density at radius 1 is 1.06 bits per heavy atom. The van der Waals surface area contributed by atoms with Crippen molar-refractivity contribution in [3.8, 4) is 11.1 Å². The molecule has 1 amide bonds. The van der Waals surface area contributed by atoms with Crippen LogP contribution in [0.15, 0.2) is 60.1 Å². The molecule has 0 saturated heterocycles. The van der Waals surface area contributed by atoms with Gasteiger partial charge in [-0.15, -0.1) is 11.3 Å². The summed E-state index contributed by atoms with van der Waals surface area (Å²) >= 11 is 1.37. The number of esters is 1. The molecule has 0 atom stereocenters. The van der Waals surface area contributed by atoms with E-state index in [1.54, 1.807) is 12.4 Å². The average molecular weight is 449 g/mol. The lowest BCUT2D eigenvalue weighted by molar-refractivity contribution is 0.0520. The van der Waals surface area contributed by atoms with Gasteiger partial charge in [-0.05, 0) is 41.7 Å². The van der Waals surface area contributed by atoms with Gasteiger partial charge < -0.3 is 14.8 Å². The Hall–Kier alpha value is -3.45. The van der Waals surface area contributed by atoms with Crippen LogP contribution in [0.3, 0.4) is 0 Å². The Balaban J connectivity index is 1.26. The Bertz CT molecular complexity index is 1090. The van der Waals surface area contributed by atoms with Gasteiger partial charge >= 0.3 is 12.1 Å². The lowest BCUT2D eigenvalue weighted by Gasteiger charge is -2.14. The Kier molecular flexibility index (Phi) is 6.97. The van der Waals surface area contributed by atoms with Gasteiger partial charge in [0.15, 0.2) is 5.69 Å². The van der Waals surface area contributed by atoms with Crippen molar-refractivity contribution >= 4 is 29.5 Å². The summed E-state index contributed by atoms with van der Waals surface area (Å²) < 4.78 is 10.5. The normalized spacial score (nSPS) is 12.4. The molecule has 2 aromatic carbocycles. The Morgan fingerprint density at radius 2 is 1.75 bits per heavy atom. The summed E-state index contributed by atoms with van der Waals surface area (Å²) in [5.74, 6) is -0.383. The zero-order valence-corrected chi connectivity index (χ0v) is 18.6. The van der Waals surface area contributed by atoms with E-state index in [2.05, 4.69) is 34.6 Å². The van der Waals surface area contributed by atoms with Crippen molar-refractivity contribution in [3.63, 3.8) is 0 Å². The molecule has 7 heteroatoms. The molecule has 1 N–H and O–H groups in total. The fraction of sp³-hybridized carbons (Fsp3) is 0.240. The molecule has 0 aliphatic heterocycles. The zero-order valence-electron chi connectivity index (χ0n) is 17.7. The first-order valence-corrected chi connectivity index (χ1v) is 11.4. The molecule has 1 aliphatic carbocycles. The fourth-order valence-corrected chi connectivity index (χ4v) is 4.52. The van der Waals surface area contributed by atoms with Crippen LogP contribution in [-0.4, -0.2) is 36.8 Å². The van der Waals surface area contributed by atoms with Crippen LogP contribution in [0.2, 0.25) is 0 Å². The second-order valence-electron chi connectivity index (χ2n) is 7.23. The van der Waals surface area contributed by atoms with E-state index in [1.165, 1.54) is 33.6 Å². The second-order valence-corrected chi connectivity index (χ2v) is 8.12. The number of carbonyl (C=O) groups excluding carboxylic acids is 2. The van der Waals surface area contributed by atoms with Crippen molar-refractivity contribution in [1.82, 2.24) is 10.3 Å². The van der Waals surface area contributed by atoms with Crippen LogP contribution >= 0.6 is 11.3 Å². The number of alkyl carbamates (subject to hydrolysis) is 1. The van der Waals surface area contributed by atoms with Crippen LogP contribution in [-0.2, 0) is 9.47 Å². The summed E-state index contributed by atoms with van der Waals surface area (Å²) in [4.78, 5) is 28.9. The van der Waals surface area contributed by atoms with Crippen LogP contribution in [0.25, 0.3) is 17.2 Å². The summed E-state index contributed by atoms with van der Waals surface area (Å²) in [5.41, 5.74) is 6.70. The van der Waals surface area contributed by atoms with Gasteiger partial charge in [0, 0.05) is 12.5 Å². The maximum absolute atomic E-state index is 12.2. The predicted molar refractivity (Wildman–Crippen MR) is 125 cm³/mol. The summed E-state index contributed by atoms with van der Waals surface area (Å²) in [6.45, 7) is 2.79. The second kappa shape index (κ2) is 10.2. The number of rotatable bonds is 8. The molecular weight excluding hydrogens is 424 g/mol. The molecule has 1 aliphatic rings. The summed E-state index contributed by atoms with van der Waals surface area (Å²) in [6, 6.07) is 16.5. The highest BCUT2D eigenvalue weighted by Crippen LogP contribution is 2.44. The molecule has 0 bridgehead atoms. The minimum absolute atomic E-state index is 0.0423. The fourth-order valence-electron chi connectivity index (χ4n) is 3.82. The smallest absolute Gasteiger partial charge is 0.407 e. The van der Waals surface area contributed by atoms with Crippen LogP contribution in [0.4, 0.5) is 4.79 Å². The molecule has 1 aromatic heterocycles. The third-order valence-electron chi connectivity index (χ3n) is 5.26. The van der Waals surface area contributed by atoms with Gasteiger partial charge in [-0.25, -0.2) is 14.6 Å². The van der Waals surface area contributed by atoms with Crippen molar-refractivity contribution in [2.75, 3.05) is 19.8 Å². The van der Waals surface area contributed by atoms with E-state index < -0.39 is 12.1 Å². The molecule has 0 unspecified atom stereocenters. The van der Waals surface area contributed by atoms with Gasteiger partial charge in [0.1, 0.15) is 6.61 Å². The monoisotopic (exact) mass is 448 g/mol. The van der Waals surface area contributed by atoms with Crippen molar-refractivity contribution in [1.29, 1.82) is 0 Å². The van der Waals surface area contributed by atoms with Gasteiger partial charge in [-0.2, -0.15) is 0 Å². The van der Waals surface area contributed by atoms with Crippen LogP contribution < -0.4 is 5.32 Å². The highest BCUT2D eigenvalue weighted by atomic mass is 32.1. The lowest BCUT2D eigenvalue weighted by Crippen LogP contribution is -2.26. The first-order valence-electron chi connectivity index (χ1n) is 10.5. The van der Waals surface area contributed by atoms with Crippen molar-refractivity contribution in [3.05, 3.63) is 81.8 Å². The molecule has 0 radical (unpaired) electrons. The third kappa shape index (κ3) is 4.73. The number of nitrogens with zero attached hydrogens (tertiary/aromatic N) is 1. The largest absolute Gasteiger partial charge is 0.461 e. The van der Waals surface area contributed by atoms with E-state index in [0.717, 1.165) is 4.88 Å². The summed E-state index contributed by atoms with van der Waals surface area (Å²) in [6.07, 6.45) is 3.87. The van der Waals surface area contributed by atoms with E-state index in [0.29, 0.717) is 31.9 Å². The number of thiazole rings is 1. The Labute approximate surface area is 190 Å². The van der Waals surface area contributed by atoms with E-state index in [4.69, 9.17) is 9.47 Å². The molecule has 3 aromatic rings. The first kappa shape index (κ1) is 21.8. The van der Waals surface area contributed by atoms with Crippen LogP contribution in [0.5, 0.6) is 0 Å². The van der Waals surface area contributed by atoms with Crippen molar-refractivity contribution in [2.45, 2.75) is 19.3 Å². The molecule has 0 saturated carbocycles. The molecular formula is C25H24N2O4S. The standard InChI is InChI=1S/C25H24N2O4S/c1-2-30-24(28)23-22(32-16-27-23)13-7-8-14-26-25(29)31-15-21-19-11-5-3-9-17(19)18-10-4-6-12-20(18)21/h3-7,9-13,16,21H,2,8,14-15H2,1H3,(H,26,29). The molecule has 0 fully saturated rings. The molecule has 6 nitrogen and oxygen atoms in total. The quantitative estimate of drug-likeness (QED) is 0.376. The predicted octanol–water partition coefficient (Wildman–Crippen LogP) is 5.26. The number of aromatic nitrogens is 1. The van der Waals surface area contributed by atoms with Crippen LogP contribution in [0.1, 0.15) is 45.8 Å². The van der Waals surface area contributed by atoms with Gasteiger partial charge in [-0.3, -0.25) is 0 Å². The zero-order chi connectivity index (χ0) is 22.3. The van der Waals surface area contributed by atoms with E-state index >= 15 is 0 Å². The maximum atomic E-state index is 12.2. The van der Waals surface area contributed by atoms with E-state index in [-0.39, 0.29) is 5.92 Å². The maximum Gasteiger partial charge on any atom is 0.407 e. The van der Waals surface area contributed by atoms with E-state index in [1.807, 2.05) is 36.4 Å². The van der Waals surface area contributed by atoms with Gasteiger partial charge in [-0.1, -0.05) is 54.6 Å². The number of benzene rings is 2. The molecule has 4 rings (SSSR count). The minimum atomic E-state index is -0.440. The van der Waals surface area contributed by atoms with Gasteiger partial charge in [0.2, 0.25) is 0 Å². The van der Waals surface area contributed by atoms with Crippen molar-refractivity contribution in [2.24, 2.45) is 0 Å². The SMILES string of the molecule is CCOC(=O)c1ncsc1C=CCCNC(=O)OCC1c2ccccc2-c2ccccc21. The molecule has 32 heavy (non-hydrogen) atoms. The van der Waals surface area contributed by atoms with E-state index in [9.17, 15) is 9.59 Å². The minimum Gasteiger partial charge on any atom is -0.461 e. The molecule has 1 heterocycles. The summed E-state index contributed by atoms with van der Waals surface area (Å²) in [7, 11) is 0. The number of carbonyl (C=O) groups is 2. The number of fused-ring (bicyclic) bond motifs is 3. The Morgan fingerprint density at radius 3 is 2.44 bits per heavy atom. The van der Waals surface area contributed by atoms with Crippen LogP contribution in [0, 0.1) is 0 Å². The number of hydrogen-bond donors (Lipinski definition) is 1. The third-order valence-corrected chi connectivity index (χ3v) is 6.05. The highest BCUT2D eigenvalue weighted by molar-refractivity contribution is 7.10. The number of hydrogen-bond acceptors (Lipinski definition) is 6. The van der Waals surface area contributed by atoms with Gasteiger partial charge in [0.05, 0.1) is 17.0 Å². The van der Waals surface area contributed by atoms with Gasteiger partial charge in [0.25, 0.3) is 0 Å². The highest BCUT2D eigenvalue weighted by Gasteiger charge is 2.28. The van der Waals surface area contributed by atoms with Crippen molar-refractivity contribution < 1.29 is 19.1 Å².